The van der Waals surface area contributed by atoms with Gasteiger partial charge in [-0.05, 0) is 24.0 Å². The quantitative estimate of drug-likeness (QED) is 0.587. The minimum absolute atomic E-state index is 0.412. The molecule has 0 aliphatic rings. The SMILES string of the molecule is C#CCCCC(O)c1ccc(COC)cc1. The lowest BCUT2D eigenvalue weighted by Gasteiger charge is -2.10. The van der Waals surface area contributed by atoms with Crippen LogP contribution in [0, 0.1) is 12.3 Å². The standard InChI is InChI=1S/C14H18O2/c1-3-4-5-6-14(15)13-9-7-12(8-10-13)11-16-2/h1,7-10,14-15H,4-6,11H2,2H3. The van der Waals surface area contributed by atoms with Gasteiger partial charge in [0.25, 0.3) is 0 Å². The molecule has 0 spiro atoms. The largest absolute Gasteiger partial charge is 0.388 e. The van der Waals surface area contributed by atoms with Crippen LogP contribution < -0.4 is 0 Å². The Morgan fingerprint density at radius 1 is 1.38 bits per heavy atom. The average molecular weight is 218 g/mol. The minimum Gasteiger partial charge on any atom is -0.388 e. The summed E-state index contributed by atoms with van der Waals surface area (Å²) in [4.78, 5) is 0. The van der Waals surface area contributed by atoms with E-state index in [-0.39, 0.29) is 0 Å². The molecular formula is C14H18O2. The molecule has 2 nitrogen and oxygen atoms in total. The number of aliphatic hydroxyl groups excluding tert-OH is 1. The number of ether oxygens (including phenoxy) is 1. The van der Waals surface area contributed by atoms with Crippen LogP contribution in [0.3, 0.4) is 0 Å². The van der Waals surface area contributed by atoms with E-state index < -0.39 is 6.10 Å². The smallest absolute Gasteiger partial charge is 0.0790 e. The second kappa shape index (κ2) is 7.05. The molecule has 1 aromatic rings. The lowest BCUT2D eigenvalue weighted by molar-refractivity contribution is 0.165. The maximum atomic E-state index is 9.87. The van der Waals surface area contributed by atoms with E-state index in [2.05, 4.69) is 5.92 Å². The zero-order chi connectivity index (χ0) is 11.8. The molecule has 1 atom stereocenters. The monoisotopic (exact) mass is 218 g/mol. The Kier molecular flexibility index (Phi) is 5.63. The summed E-state index contributed by atoms with van der Waals surface area (Å²) in [6.07, 6.45) is 7.04. The van der Waals surface area contributed by atoms with Gasteiger partial charge in [0.05, 0.1) is 12.7 Å². The molecule has 1 aromatic carbocycles. The number of aliphatic hydroxyl groups is 1. The number of methoxy groups -OCH3 is 1. The van der Waals surface area contributed by atoms with E-state index in [9.17, 15) is 5.11 Å². The van der Waals surface area contributed by atoms with E-state index in [1.807, 2.05) is 24.3 Å². The molecule has 2 heteroatoms. The van der Waals surface area contributed by atoms with Gasteiger partial charge in [0.15, 0.2) is 0 Å². The van der Waals surface area contributed by atoms with Gasteiger partial charge in [-0.2, -0.15) is 0 Å². The van der Waals surface area contributed by atoms with Gasteiger partial charge in [-0.1, -0.05) is 24.3 Å². The molecule has 0 amide bonds. The highest BCUT2D eigenvalue weighted by molar-refractivity contribution is 5.23. The molecule has 0 radical (unpaired) electrons. The highest BCUT2D eigenvalue weighted by Gasteiger charge is 2.06. The fourth-order valence-corrected chi connectivity index (χ4v) is 1.57. The van der Waals surface area contributed by atoms with E-state index in [4.69, 9.17) is 11.2 Å². The Morgan fingerprint density at radius 3 is 2.62 bits per heavy atom. The Labute approximate surface area is 97.3 Å². The predicted octanol–water partition coefficient (Wildman–Crippen LogP) is 2.67. The Balaban J connectivity index is 2.49. The summed E-state index contributed by atoms with van der Waals surface area (Å²) in [7, 11) is 1.67. The number of unbranched alkanes of at least 4 members (excludes halogenated alkanes) is 1. The molecule has 0 aliphatic carbocycles. The van der Waals surface area contributed by atoms with Crippen LogP contribution in [0.15, 0.2) is 24.3 Å². The van der Waals surface area contributed by atoms with Gasteiger partial charge in [-0.25, -0.2) is 0 Å². The minimum atomic E-state index is -0.412. The van der Waals surface area contributed by atoms with Crippen molar-refractivity contribution >= 4 is 0 Å². The molecule has 0 aliphatic heterocycles. The maximum absolute atomic E-state index is 9.87. The van der Waals surface area contributed by atoms with Gasteiger partial charge >= 0.3 is 0 Å². The molecule has 0 bridgehead atoms. The molecule has 0 saturated carbocycles. The van der Waals surface area contributed by atoms with E-state index >= 15 is 0 Å². The Bertz CT molecular complexity index is 335. The van der Waals surface area contributed by atoms with E-state index in [0.29, 0.717) is 13.0 Å². The van der Waals surface area contributed by atoms with Crippen LogP contribution in [0.5, 0.6) is 0 Å². The molecule has 0 heterocycles. The highest BCUT2D eigenvalue weighted by atomic mass is 16.5. The zero-order valence-corrected chi connectivity index (χ0v) is 9.65. The summed E-state index contributed by atoms with van der Waals surface area (Å²) in [5.74, 6) is 2.57. The van der Waals surface area contributed by atoms with Crippen molar-refractivity contribution in [3.05, 3.63) is 35.4 Å². The van der Waals surface area contributed by atoms with Crippen molar-refractivity contribution in [3.8, 4) is 12.3 Å². The van der Waals surface area contributed by atoms with Crippen LogP contribution in [-0.4, -0.2) is 12.2 Å². The third-order valence-electron chi connectivity index (χ3n) is 2.47. The number of terminal acetylenes is 1. The van der Waals surface area contributed by atoms with Crippen LogP contribution in [-0.2, 0) is 11.3 Å². The van der Waals surface area contributed by atoms with Crippen molar-refractivity contribution in [2.24, 2.45) is 0 Å². The van der Waals surface area contributed by atoms with Crippen molar-refractivity contribution < 1.29 is 9.84 Å². The Morgan fingerprint density at radius 2 is 2.06 bits per heavy atom. The van der Waals surface area contributed by atoms with Crippen molar-refractivity contribution in [2.45, 2.75) is 32.0 Å². The first-order chi connectivity index (χ1) is 7.77. The first-order valence-electron chi connectivity index (χ1n) is 5.47. The maximum Gasteiger partial charge on any atom is 0.0790 e. The predicted molar refractivity (Wildman–Crippen MR) is 64.8 cm³/mol. The van der Waals surface area contributed by atoms with Gasteiger partial charge < -0.3 is 9.84 Å². The average Bonchev–Trinajstić information content (AvgIpc) is 2.30. The van der Waals surface area contributed by atoms with Gasteiger partial charge in [-0.15, -0.1) is 12.3 Å². The molecule has 0 aromatic heterocycles. The van der Waals surface area contributed by atoms with Crippen LogP contribution in [0.25, 0.3) is 0 Å². The van der Waals surface area contributed by atoms with Gasteiger partial charge in [-0.3, -0.25) is 0 Å². The van der Waals surface area contributed by atoms with E-state index in [0.717, 1.165) is 24.0 Å². The molecule has 0 fully saturated rings. The fourth-order valence-electron chi connectivity index (χ4n) is 1.57. The Hall–Kier alpha value is -1.30. The van der Waals surface area contributed by atoms with Crippen molar-refractivity contribution in [1.29, 1.82) is 0 Å². The van der Waals surface area contributed by atoms with Crippen molar-refractivity contribution in [3.63, 3.8) is 0 Å². The van der Waals surface area contributed by atoms with Crippen LogP contribution in [0.2, 0.25) is 0 Å². The van der Waals surface area contributed by atoms with Crippen molar-refractivity contribution in [2.75, 3.05) is 7.11 Å². The molecule has 1 N–H and O–H groups in total. The summed E-state index contributed by atoms with van der Waals surface area (Å²) in [6.45, 7) is 0.605. The third kappa shape index (κ3) is 4.06. The first-order valence-corrected chi connectivity index (χ1v) is 5.47. The van der Waals surface area contributed by atoms with Gasteiger partial charge in [0, 0.05) is 13.5 Å². The lowest BCUT2D eigenvalue weighted by atomic mass is 10.0. The summed E-state index contributed by atoms with van der Waals surface area (Å²) < 4.78 is 5.02. The molecular weight excluding hydrogens is 200 g/mol. The number of rotatable bonds is 6. The molecule has 1 rings (SSSR count). The van der Waals surface area contributed by atoms with Crippen LogP contribution >= 0.6 is 0 Å². The fraction of sp³-hybridized carbons (Fsp3) is 0.429. The topological polar surface area (TPSA) is 29.5 Å². The second-order valence-corrected chi connectivity index (χ2v) is 3.79. The van der Waals surface area contributed by atoms with Gasteiger partial charge in [0.2, 0.25) is 0 Å². The summed E-state index contributed by atoms with van der Waals surface area (Å²) >= 11 is 0. The number of hydrogen-bond donors (Lipinski definition) is 1. The van der Waals surface area contributed by atoms with Crippen LogP contribution in [0.4, 0.5) is 0 Å². The molecule has 1 unspecified atom stereocenters. The van der Waals surface area contributed by atoms with Crippen LogP contribution in [0.1, 0.15) is 36.5 Å². The third-order valence-corrected chi connectivity index (χ3v) is 2.47. The number of benzene rings is 1. The molecule has 86 valence electrons. The van der Waals surface area contributed by atoms with E-state index in [1.165, 1.54) is 0 Å². The first kappa shape index (κ1) is 12.8. The van der Waals surface area contributed by atoms with Crippen molar-refractivity contribution in [1.82, 2.24) is 0 Å². The summed E-state index contributed by atoms with van der Waals surface area (Å²) in [6, 6.07) is 7.83. The zero-order valence-electron chi connectivity index (χ0n) is 9.65. The van der Waals surface area contributed by atoms with Gasteiger partial charge in [0.1, 0.15) is 0 Å². The molecule has 0 saturated heterocycles. The van der Waals surface area contributed by atoms with E-state index in [1.54, 1.807) is 7.11 Å². The summed E-state index contributed by atoms with van der Waals surface area (Å²) in [5.41, 5.74) is 2.05. The second-order valence-electron chi connectivity index (χ2n) is 3.79. The normalized spacial score (nSPS) is 12.1. The number of hydrogen-bond acceptors (Lipinski definition) is 2. The highest BCUT2D eigenvalue weighted by Crippen LogP contribution is 2.19. The lowest BCUT2D eigenvalue weighted by Crippen LogP contribution is -1.97. The summed E-state index contributed by atoms with van der Waals surface area (Å²) in [5, 5.41) is 9.87. The molecule has 16 heavy (non-hydrogen) atoms.